The maximum absolute atomic E-state index is 4.30. The van der Waals surface area contributed by atoms with Gasteiger partial charge in [0.2, 0.25) is 0 Å². The van der Waals surface area contributed by atoms with E-state index in [-0.39, 0.29) is 0 Å². The Kier molecular flexibility index (Phi) is 4.99. The lowest BCUT2D eigenvalue weighted by molar-refractivity contribution is 0.468. The number of aromatic nitrogens is 3. The van der Waals surface area contributed by atoms with Crippen LogP contribution in [0, 0.1) is 5.92 Å². The van der Waals surface area contributed by atoms with Crippen molar-refractivity contribution in [3.8, 4) is 0 Å². The molecule has 2 aromatic rings. The van der Waals surface area contributed by atoms with Crippen LogP contribution in [0.4, 0.5) is 5.69 Å². The van der Waals surface area contributed by atoms with E-state index in [0.717, 1.165) is 27.0 Å². The summed E-state index contributed by atoms with van der Waals surface area (Å²) >= 11 is 7.07. The number of para-hydroxylation sites is 1. The number of nitrogens with one attached hydrogen (secondary N) is 1. The second kappa shape index (κ2) is 6.52. The molecule has 0 aliphatic heterocycles. The first-order valence-corrected chi connectivity index (χ1v) is 7.71. The summed E-state index contributed by atoms with van der Waals surface area (Å²) in [4.78, 5) is 4.30. The van der Waals surface area contributed by atoms with Crippen LogP contribution in [0.2, 0.25) is 0 Å². The highest BCUT2D eigenvalue weighted by atomic mass is 79.9. The van der Waals surface area contributed by atoms with Gasteiger partial charge in [-0.3, -0.25) is 0 Å². The number of nitrogens with zero attached hydrogens (tertiary/aromatic N) is 3. The lowest BCUT2D eigenvalue weighted by atomic mass is 10.2. The van der Waals surface area contributed by atoms with Gasteiger partial charge in [-0.2, -0.15) is 5.10 Å². The predicted molar refractivity (Wildman–Crippen MR) is 84.0 cm³/mol. The molecule has 0 fully saturated rings. The van der Waals surface area contributed by atoms with Crippen molar-refractivity contribution >= 4 is 37.5 Å². The number of halogens is 2. The Morgan fingerprint density at radius 2 is 1.95 bits per heavy atom. The molecule has 19 heavy (non-hydrogen) atoms. The Morgan fingerprint density at radius 3 is 2.58 bits per heavy atom. The van der Waals surface area contributed by atoms with Crippen LogP contribution >= 0.6 is 31.9 Å². The van der Waals surface area contributed by atoms with E-state index in [1.165, 1.54) is 0 Å². The van der Waals surface area contributed by atoms with E-state index < -0.39 is 0 Å². The Labute approximate surface area is 129 Å². The van der Waals surface area contributed by atoms with Gasteiger partial charge in [-0.1, -0.05) is 19.9 Å². The van der Waals surface area contributed by atoms with Crippen LogP contribution in [0.1, 0.15) is 19.7 Å². The maximum atomic E-state index is 4.30. The molecule has 4 nitrogen and oxygen atoms in total. The zero-order valence-corrected chi connectivity index (χ0v) is 14.1. The van der Waals surface area contributed by atoms with E-state index in [1.54, 1.807) is 6.33 Å². The average Bonchev–Trinajstić information content (AvgIpc) is 2.75. The monoisotopic (exact) mass is 386 g/mol. The van der Waals surface area contributed by atoms with Crippen molar-refractivity contribution in [2.45, 2.75) is 26.9 Å². The highest BCUT2D eigenvalue weighted by Gasteiger charge is 2.08. The normalized spacial score (nSPS) is 11.0. The lowest BCUT2D eigenvalue weighted by Crippen LogP contribution is -2.13. The molecule has 0 spiro atoms. The van der Waals surface area contributed by atoms with Crippen LogP contribution in [0.25, 0.3) is 0 Å². The van der Waals surface area contributed by atoms with Gasteiger partial charge in [0.25, 0.3) is 0 Å². The molecule has 0 aliphatic rings. The van der Waals surface area contributed by atoms with Gasteiger partial charge in [0, 0.05) is 15.5 Å². The molecule has 1 N–H and O–H groups in total. The van der Waals surface area contributed by atoms with Crippen molar-refractivity contribution in [3.63, 3.8) is 0 Å². The molecule has 0 saturated carbocycles. The van der Waals surface area contributed by atoms with E-state index in [2.05, 4.69) is 61.1 Å². The van der Waals surface area contributed by atoms with Crippen molar-refractivity contribution in [1.82, 2.24) is 14.8 Å². The number of benzene rings is 1. The van der Waals surface area contributed by atoms with Crippen molar-refractivity contribution in [2.75, 3.05) is 5.32 Å². The van der Waals surface area contributed by atoms with Gasteiger partial charge in [0.1, 0.15) is 12.2 Å². The third kappa shape index (κ3) is 3.79. The third-order valence-electron chi connectivity index (χ3n) is 2.62. The van der Waals surface area contributed by atoms with E-state index in [1.807, 2.05) is 22.9 Å². The van der Waals surface area contributed by atoms with Gasteiger partial charge in [0.15, 0.2) is 0 Å². The van der Waals surface area contributed by atoms with Gasteiger partial charge in [-0.25, -0.2) is 9.67 Å². The quantitative estimate of drug-likeness (QED) is 0.840. The molecule has 0 aliphatic carbocycles. The fourth-order valence-electron chi connectivity index (χ4n) is 1.76. The zero-order chi connectivity index (χ0) is 13.8. The summed E-state index contributed by atoms with van der Waals surface area (Å²) in [6.07, 6.45) is 1.61. The van der Waals surface area contributed by atoms with Crippen molar-refractivity contribution in [2.24, 2.45) is 5.92 Å². The SMILES string of the molecule is CC(C)Cn1ncnc1CNc1c(Br)cccc1Br. The summed E-state index contributed by atoms with van der Waals surface area (Å²) in [6.45, 7) is 5.87. The molecular formula is C13H16Br2N4. The first-order chi connectivity index (χ1) is 9.08. The van der Waals surface area contributed by atoms with Crippen LogP contribution in [0.3, 0.4) is 0 Å². The fourth-order valence-corrected chi connectivity index (χ4v) is 3.04. The van der Waals surface area contributed by atoms with Crippen LogP contribution in [0.5, 0.6) is 0 Å². The maximum Gasteiger partial charge on any atom is 0.146 e. The van der Waals surface area contributed by atoms with Crippen LogP contribution in [0.15, 0.2) is 33.5 Å². The Hall–Kier alpha value is -0.880. The Morgan fingerprint density at radius 1 is 1.26 bits per heavy atom. The topological polar surface area (TPSA) is 42.7 Å². The predicted octanol–water partition coefficient (Wildman–Crippen LogP) is 4.07. The average molecular weight is 388 g/mol. The van der Waals surface area contributed by atoms with Gasteiger partial charge >= 0.3 is 0 Å². The molecule has 0 bridgehead atoms. The van der Waals surface area contributed by atoms with Crippen LogP contribution in [-0.2, 0) is 13.1 Å². The van der Waals surface area contributed by atoms with Crippen molar-refractivity contribution in [3.05, 3.63) is 39.3 Å². The van der Waals surface area contributed by atoms with E-state index in [4.69, 9.17) is 0 Å². The zero-order valence-electron chi connectivity index (χ0n) is 10.9. The molecule has 6 heteroatoms. The van der Waals surface area contributed by atoms with E-state index in [0.29, 0.717) is 12.5 Å². The lowest BCUT2D eigenvalue weighted by Gasteiger charge is -2.12. The number of hydrogen-bond donors (Lipinski definition) is 1. The fraction of sp³-hybridized carbons (Fsp3) is 0.385. The van der Waals surface area contributed by atoms with Gasteiger partial charge in [0.05, 0.1) is 12.2 Å². The molecule has 2 rings (SSSR count). The smallest absolute Gasteiger partial charge is 0.146 e. The summed E-state index contributed by atoms with van der Waals surface area (Å²) in [6, 6.07) is 6.00. The molecule has 0 amide bonds. The molecule has 0 atom stereocenters. The summed E-state index contributed by atoms with van der Waals surface area (Å²) in [5.41, 5.74) is 1.03. The minimum Gasteiger partial charge on any atom is -0.376 e. The second-order valence-corrected chi connectivity index (χ2v) is 6.41. The molecule has 1 aromatic heterocycles. The minimum atomic E-state index is 0.552. The number of rotatable bonds is 5. The van der Waals surface area contributed by atoms with Gasteiger partial charge in [-0.05, 0) is 49.9 Å². The molecule has 1 aromatic carbocycles. The summed E-state index contributed by atoms with van der Waals surface area (Å²) in [5.74, 6) is 1.49. The summed E-state index contributed by atoms with van der Waals surface area (Å²) in [7, 11) is 0. The first-order valence-electron chi connectivity index (χ1n) is 6.12. The molecule has 102 valence electrons. The largest absolute Gasteiger partial charge is 0.376 e. The van der Waals surface area contributed by atoms with Gasteiger partial charge < -0.3 is 5.32 Å². The number of hydrogen-bond acceptors (Lipinski definition) is 3. The molecule has 0 radical (unpaired) electrons. The standard InChI is InChI=1S/C13H16Br2N4/c1-9(2)7-19-12(17-8-18-19)6-16-13-10(14)4-3-5-11(13)15/h3-5,8-9,16H,6-7H2,1-2H3. The van der Waals surface area contributed by atoms with Crippen LogP contribution < -0.4 is 5.32 Å². The molecule has 0 unspecified atom stereocenters. The molecule has 1 heterocycles. The second-order valence-electron chi connectivity index (χ2n) is 4.70. The van der Waals surface area contributed by atoms with E-state index in [9.17, 15) is 0 Å². The van der Waals surface area contributed by atoms with Crippen molar-refractivity contribution < 1.29 is 0 Å². The highest BCUT2D eigenvalue weighted by molar-refractivity contribution is 9.11. The number of anilines is 1. The highest BCUT2D eigenvalue weighted by Crippen LogP contribution is 2.30. The minimum absolute atomic E-state index is 0.552. The Balaban J connectivity index is 2.09. The first kappa shape index (κ1) is 14.5. The summed E-state index contributed by atoms with van der Waals surface area (Å²) in [5, 5.41) is 7.64. The van der Waals surface area contributed by atoms with Crippen molar-refractivity contribution in [1.29, 1.82) is 0 Å². The summed E-state index contributed by atoms with van der Waals surface area (Å²) < 4.78 is 4.00. The van der Waals surface area contributed by atoms with E-state index >= 15 is 0 Å². The Bertz CT molecular complexity index is 531. The third-order valence-corrected chi connectivity index (χ3v) is 3.94. The van der Waals surface area contributed by atoms with Gasteiger partial charge in [-0.15, -0.1) is 0 Å². The molecule has 0 saturated heterocycles. The van der Waals surface area contributed by atoms with Crippen LogP contribution in [-0.4, -0.2) is 14.8 Å². The molecular weight excluding hydrogens is 372 g/mol.